The Morgan fingerprint density at radius 3 is 2.48 bits per heavy atom. The van der Waals surface area contributed by atoms with Crippen LogP contribution in [0.4, 0.5) is 18.9 Å². The molecular weight excluding hydrogens is 283 g/mol. The van der Waals surface area contributed by atoms with Crippen LogP contribution in [0.1, 0.15) is 24.0 Å². The van der Waals surface area contributed by atoms with E-state index in [1.54, 1.807) is 0 Å². The highest BCUT2D eigenvalue weighted by Gasteiger charge is 2.34. The summed E-state index contributed by atoms with van der Waals surface area (Å²) in [4.78, 5) is 1.93. The molecule has 0 aromatic heterocycles. The van der Waals surface area contributed by atoms with Crippen LogP contribution in [0.3, 0.4) is 0 Å². The maximum Gasteiger partial charge on any atom is 0.417 e. The van der Waals surface area contributed by atoms with Crippen molar-refractivity contribution in [3.8, 4) is 0 Å². The van der Waals surface area contributed by atoms with Crippen LogP contribution < -0.4 is 10.6 Å². The number of halogens is 3. The number of anilines is 1. The average Bonchev–Trinajstić information content (AvgIpc) is 2.45. The van der Waals surface area contributed by atoms with Crippen molar-refractivity contribution in [2.75, 3.05) is 25.2 Å². The van der Waals surface area contributed by atoms with Crippen LogP contribution in [0.25, 0.3) is 0 Å². The Hall–Kier alpha value is -1.76. The predicted octanol–water partition coefficient (Wildman–Crippen LogP) is 2.60. The fourth-order valence-electron chi connectivity index (χ4n) is 2.50. The largest absolute Gasteiger partial charge is 0.417 e. The highest BCUT2D eigenvalue weighted by Crippen LogP contribution is 2.34. The molecule has 0 radical (unpaired) electrons. The van der Waals surface area contributed by atoms with Gasteiger partial charge in [0.15, 0.2) is 0 Å². The molecule has 7 heteroatoms. The van der Waals surface area contributed by atoms with E-state index in [4.69, 9.17) is 15.9 Å². The zero-order valence-electron chi connectivity index (χ0n) is 11.7. The van der Waals surface area contributed by atoms with Crippen LogP contribution >= 0.6 is 0 Å². The molecule has 0 aliphatic carbocycles. The van der Waals surface area contributed by atoms with Gasteiger partial charge in [-0.2, -0.15) is 13.2 Å². The number of ether oxygens (including phenoxy) is 1. The predicted molar refractivity (Wildman–Crippen MR) is 74.7 cm³/mol. The minimum Gasteiger partial charge on any atom is -0.384 e. The first kappa shape index (κ1) is 15.6. The smallest absolute Gasteiger partial charge is 0.384 e. The number of nitrogens with two attached hydrogens (primary N) is 1. The fraction of sp³-hybridized carbons (Fsp3) is 0.500. The van der Waals surface area contributed by atoms with Crippen molar-refractivity contribution >= 4 is 11.5 Å². The summed E-state index contributed by atoms with van der Waals surface area (Å²) >= 11 is 0. The summed E-state index contributed by atoms with van der Waals surface area (Å²) < 4.78 is 44.0. The standard InChI is InChI=1S/C14H18F3N3O/c1-20(9-4-6-21-7-5-9)10-2-3-12(14(15,16)17)11(8-10)13(18)19/h2-3,8-9H,4-7H2,1H3,(H3,18,19). The van der Waals surface area contributed by atoms with Gasteiger partial charge in [-0.15, -0.1) is 0 Å². The molecule has 1 aliphatic heterocycles. The summed E-state index contributed by atoms with van der Waals surface area (Å²) in [6.07, 6.45) is -2.86. The molecule has 21 heavy (non-hydrogen) atoms. The first-order valence-corrected chi connectivity index (χ1v) is 6.67. The molecule has 1 saturated heterocycles. The van der Waals surface area contributed by atoms with Gasteiger partial charge >= 0.3 is 6.18 Å². The molecule has 0 unspecified atom stereocenters. The molecule has 1 heterocycles. The number of hydrogen-bond donors (Lipinski definition) is 2. The van der Waals surface area contributed by atoms with Gasteiger partial charge < -0.3 is 15.4 Å². The van der Waals surface area contributed by atoms with Crippen LogP contribution in [0.15, 0.2) is 18.2 Å². The molecular formula is C14H18F3N3O. The van der Waals surface area contributed by atoms with Crippen LogP contribution in [0.2, 0.25) is 0 Å². The van der Waals surface area contributed by atoms with E-state index in [9.17, 15) is 13.2 Å². The van der Waals surface area contributed by atoms with E-state index in [1.165, 1.54) is 12.1 Å². The Kier molecular flexibility index (Phi) is 4.41. The lowest BCUT2D eigenvalue weighted by molar-refractivity contribution is -0.137. The number of alkyl halides is 3. The molecule has 0 saturated carbocycles. The zero-order chi connectivity index (χ0) is 15.6. The monoisotopic (exact) mass is 301 g/mol. The van der Waals surface area contributed by atoms with Crippen molar-refractivity contribution in [3.05, 3.63) is 29.3 Å². The van der Waals surface area contributed by atoms with Gasteiger partial charge in [-0.25, -0.2) is 0 Å². The van der Waals surface area contributed by atoms with Gasteiger partial charge in [-0.1, -0.05) is 0 Å². The van der Waals surface area contributed by atoms with Crippen LogP contribution in [0.5, 0.6) is 0 Å². The maximum atomic E-state index is 12.9. The summed E-state index contributed by atoms with van der Waals surface area (Å²) in [5.74, 6) is -0.579. The van der Waals surface area contributed by atoms with Crippen molar-refractivity contribution in [1.82, 2.24) is 0 Å². The van der Waals surface area contributed by atoms with Crippen molar-refractivity contribution in [3.63, 3.8) is 0 Å². The molecule has 2 rings (SSSR count). The third-order valence-corrected chi connectivity index (χ3v) is 3.74. The number of nitrogens with zero attached hydrogens (tertiary/aromatic N) is 1. The first-order valence-electron chi connectivity index (χ1n) is 6.67. The second kappa shape index (κ2) is 5.93. The molecule has 1 fully saturated rings. The number of nitrogen functional groups attached to an aromatic ring is 1. The third kappa shape index (κ3) is 3.47. The van der Waals surface area contributed by atoms with E-state index in [-0.39, 0.29) is 11.6 Å². The maximum absolute atomic E-state index is 12.9. The lowest BCUT2D eigenvalue weighted by Gasteiger charge is -2.33. The lowest BCUT2D eigenvalue weighted by atomic mass is 10.0. The molecule has 0 bridgehead atoms. The Balaban J connectivity index is 2.33. The quantitative estimate of drug-likeness (QED) is 0.666. The molecule has 0 spiro atoms. The van der Waals surface area contributed by atoms with E-state index in [0.29, 0.717) is 18.9 Å². The lowest BCUT2D eigenvalue weighted by Crippen LogP contribution is -2.36. The number of benzene rings is 1. The molecule has 116 valence electrons. The molecule has 3 N–H and O–H groups in total. The molecule has 1 aliphatic rings. The van der Waals surface area contributed by atoms with Crippen molar-refractivity contribution < 1.29 is 17.9 Å². The van der Waals surface area contributed by atoms with Crippen LogP contribution in [-0.4, -0.2) is 32.1 Å². The van der Waals surface area contributed by atoms with E-state index in [0.717, 1.165) is 18.9 Å². The van der Waals surface area contributed by atoms with Crippen LogP contribution in [-0.2, 0) is 10.9 Å². The molecule has 0 amide bonds. The molecule has 4 nitrogen and oxygen atoms in total. The van der Waals surface area contributed by atoms with Gasteiger partial charge in [0.25, 0.3) is 0 Å². The first-order chi connectivity index (χ1) is 9.80. The molecule has 0 atom stereocenters. The number of rotatable bonds is 3. The highest BCUT2D eigenvalue weighted by molar-refractivity contribution is 5.97. The summed E-state index contributed by atoms with van der Waals surface area (Å²) in [6.45, 7) is 1.30. The van der Waals surface area contributed by atoms with Crippen molar-refractivity contribution in [2.45, 2.75) is 25.1 Å². The summed E-state index contributed by atoms with van der Waals surface area (Å²) in [5, 5.41) is 7.38. The van der Waals surface area contributed by atoms with Gasteiger partial charge in [0.2, 0.25) is 0 Å². The second-order valence-corrected chi connectivity index (χ2v) is 5.10. The Morgan fingerprint density at radius 1 is 1.33 bits per heavy atom. The second-order valence-electron chi connectivity index (χ2n) is 5.10. The Labute approximate surface area is 121 Å². The average molecular weight is 301 g/mol. The molecule has 1 aromatic carbocycles. The summed E-state index contributed by atoms with van der Waals surface area (Å²) in [6, 6.07) is 3.96. The van der Waals surface area contributed by atoms with Crippen molar-refractivity contribution in [1.29, 1.82) is 5.41 Å². The van der Waals surface area contributed by atoms with E-state index in [2.05, 4.69) is 0 Å². The van der Waals surface area contributed by atoms with E-state index in [1.807, 2.05) is 11.9 Å². The number of nitrogens with one attached hydrogen (secondary N) is 1. The van der Waals surface area contributed by atoms with E-state index >= 15 is 0 Å². The van der Waals surface area contributed by atoms with Gasteiger partial charge in [0, 0.05) is 37.6 Å². The topological polar surface area (TPSA) is 62.3 Å². The van der Waals surface area contributed by atoms with Gasteiger partial charge in [0.1, 0.15) is 5.84 Å². The number of amidine groups is 1. The van der Waals surface area contributed by atoms with Gasteiger partial charge in [-0.05, 0) is 31.0 Å². The van der Waals surface area contributed by atoms with Gasteiger partial charge in [-0.3, -0.25) is 5.41 Å². The highest BCUT2D eigenvalue weighted by atomic mass is 19.4. The van der Waals surface area contributed by atoms with Crippen molar-refractivity contribution in [2.24, 2.45) is 5.73 Å². The summed E-state index contributed by atoms with van der Waals surface area (Å²) in [7, 11) is 1.84. The van der Waals surface area contributed by atoms with Gasteiger partial charge in [0.05, 0.1) is 5.56 Å². The number of hydrogen-bond acceptors (Lipinski definition) is 3. The fourth-order valence-corrected chi connectivity index (χ4v) is 2.50. The minimum absolute atomic E-state index is 0.218. The molecule has 1 aromatic rings. The zero-order valence-corrected chi connectivity index (χ0v) is 11.7. The third-order valence-electron chi connectivity index (χ3n) is 3.74. The van der Waals surface area contributed by atoms with Crippen LogP contribution in [0, 0.1) is 5.41 Å². The minimum atomic E-state index is -4.52. The summed E-state index contributed by atoms with van der Waals surface area (Å²) in [5.41, 5.74) is 4.77. The normalized spacial score (nSPS) is 16.8. The SMILES string of the molecule is CN(c1ccc(C(F)(F)F)c(C(=N)N)c1)C1CCOCC1. The Morgan fingerprint density at radius 2 is 1.95 bits per heavy atom. The van der Waals surface area contributed by atoms with E-state index < -0.39 is 17.6 Å². The Bertz CT molecular complexity index is 525.